The topological polar surface area (TPSA) is 111 Å². The normalized spacial score (nSPS) is 31.4. The van der Waals surface area contributed by atoms with Gasteiger partial charge in [-0.25, -0.2) is 0 Å². The number of fused-ring (bicyclic) bond motifs is 5. The van der Waals surface area contributed by atoms with Gasteiger partial charge < -0.3 is 26.4 Å². The molecule has 0 saturated heterocycles. The Morgan fingerprint density at radius 2 is 1.63 bits per heavy atom. The molecule has 8 atom stereocenters. The first-order chi connectivity index (χ1) is 23.5. The molecule has 0 aromatic carbocycles. The Bertz CT molecular complexity index is 1060. The van der Waals surface area contributed by atoms with Crippen molar-refractivity contribution in [2.45, 2.75) is 156 Å². The number of hydrogen-bond acceptors (Lipinski definition) is 6. The summed E-state index contributed by atoms with van der Waals surface area (Å²) in [6.45, 7) is 17.1. The van der Waals surface area contributed by atoms with Crippen molar-refractivity contribution in [1.29, 1.82) is 0 Å². The zero-order valence-electron chi connectivity index (χ0n) is 32.4. The van der Waals surface area contributed by atoms with Crippen LogP contribution in [0, 0.1) is 46.3 Å². The average Bonchev–Trinajstić information content (AvgIpc) is 3.43. The van der Waals surface area contributed by atoms with Crippen LogP contribution in [0.3, 0.4) is 0 Å². The van der Waals surface area contributed by atoms with Gasteiger partial charge in [-0.3, -0.25) is 9.59 Å². The molecule has 0 heterocycles. The van der Waals surface area contributed by atoms with Crippen LogP contribution in [0.2, 0.25) is 0 Å². The van der Waals surface area contributed by atoms with E-state index >= 15 is 0 Å². The van der Waals surface area contributed by atoms with E-state index in [0.29, 0.717) is 44.3 Å². The number of nitrogens with zero attached hydrogens (tertiary/aromatic N) is 1. The largest absolute Gasteiger partial charge is 0.462 e. The Kier molecular flexibility index (Phi) is 16.0. The predicted octanol–water partition coefficient (Wildman–Crippen LogP) is 8.01. The molecule has 0 aromatic heterocycles. The summed E-state index contributed by atoms with van der Waals surface area (Å²) in [7, 11) is 0. The molecule has 0 spiro atoms. The fraction of sp³-hybridized carbons (Fsp3) is 0.905. The van der Waals surface area contributed by atoms with E-state index in [9.17, 15) is 9.59 Å². The van der Waals surface area contributed by atoms with E-state index in [4.69, 9.17) is 16.2 Å². The number of esters is 1. The van der Waals surface area contributed by atoms with Gasteiger partial charge in [-0.2, -0.15) is 0 Å². The molecule has 0 aliphatic heterocycles. The smallest absolute Gasteiger partial charge is 0.306 e. The lowest BCUT2D eigenvalue weighted by molar-refractivity contribution is -0.151. The number of carbonyl (C=O) groups is 2. The Hall–Kier alpha value is -1.44. The van der Waals surface area contributed by atoms with Crippen molar-refractivity contribution in [3.63, 3.8) is 0 Å². The van der Waals surface area contributed by atoms with E-state index < -0.39 is 0 Å². The second-order valence-electron chi connectivity index (χ2n) is 17.6. The minimum atomic E-state index is -0.138. The number of ether oxygens (including phenoxy) is 1. The molecule has 4 rings (SSSR count). The molecular formula is C42H76N4O3. The van der Waals surface area contributed by atoms with Crippen LogP contribution in [-0.4, -0.2) is 62.1 Å². The van der Waals surface area contributed by atoms with Gasteiger partial charge in [0.15, 0.2) is 0 Å². The summed E-state index contributed by atoms with van der Waals surface area (Å²) in [4.78, 5) is 27.9. The van der Waals surface area contributed by atoms with Gasteiger partial charge in [-0.1, -0.05) is 65.5 Å². The molecule has 3 saturated carbocycles. The Morgan fingerprint density at radius 1 is 0.878 bits per heavy atom. The summed E-state index contributed by atoms with van der Waals surface area (Å²) < 4.78 is 6.08. The zero-order valence-corrected chi connectivity index (χ0v) is 32.4. The molecule has 7 heteroatoms. The number of allylic oxidation sites excluding steroid dienone is 1. The number of amides is 1. The molecule has 4 aliphatic carbocycles. The summed E-state index contributed by atoms with van der Waals surface area (Å²) in [5.41, 5.74) is 13.6. The minimum Gasteiger partial charge on any atom is -0.462 e. The summed E-state index contributed by atoms with van der Waals surface area (Å²) in [6, 6.07) is 0. The van der Waals surface area contributed by atoms with Gasteiger partial charge in [-0.15, -0.1) is 0 Å². The van der Waals surface area contributed by atoms with Crippen molar-refractivity contribution >= 4 is 11.9 Å². The molecule has 4 aliphatic rings. The van der Waals surface area contributed by atoms with Gasteiger partial charge in [0.25, 0.3) is 0 Å². The SMILES string of the molecule is CC(C)CCCC(C)C1CCC2C3CC=C4CC(OC(=O)CCCC(=O)N(CCCN)CCCCNCCCN)CCC4(C)C3CCC12C. The van der Waals surface area contributed by atoms with Crippen LogP contribution >= 0.6 is 0 Å². The lowest BCUT2D eigenvalue weighted by atomic mass is 9.47. The van der Waals surface area contributed by atoms with E-state index in [0.717, 1.165) is 100 Å². The highest BCUT2D eigenvalue weighted by Crippen LogP contribution is 2.67. The highest BCUT2D eigenvalue weighted by atomic mass is 16.5. The van der Waals surface area contributed by atoms with Crippen LogP contribution in [-0.2, 0) is 14.3 Å². The molecule has 0 radical (unpaired) electrons. The van der Waals surface area contributed by atoms with E-state index in [1.54, 1.807) is 5.57 Å². The summed E-state index contributed by atoms with van der Waals surface area (Å²) in [5.74, 6) is 5.01. The highest BCUT2D eigenvalue weighted by Gasteiger charge is 2.59. The van der Waals surface area contributed by atoms with Crippen molar-refractivity contribution in [3.05, 3.63) is 11.6 Å². The van der Waals surface area contributed by atoms with Crippen molar-refractivity contribution < 1.29 is 14.3 Å². The third kappa shape index (κ3) is 10.6. The summed E-state index contributed by atoms with van der Waals surface area (Å²) in [6.07, 6.45) is 21.6. The highest BCUT2D eigenvalue weighted by molar-refractivity contribution is 5.77. The number of rotatable bonds is 21. The Labute approximate surface area is 300 Å². The Morgan fingerprint density at radius 3 is 2.39 bits per heavy atom. The van der Waals surface area contributed by atoms with Crippen LogP contribution in [0.1, 0.15) is 150 Å². The fourth-order valence-electron chi connectivity index (χ4n) is 11.1. The fourth-order valence-corrected chi connectivity index (χ4v) is 11.1. The van der Waals surface area contributed by atoms with Crippen LogP contribution in [0.25, 0.3) is 0 Å². The van der Waals surface area contributed by atoms with E-state index in [1.165, 1.54) is 51.4 Å². The van der Waals surface area contributed by atoms with Gasteiger partial charge in [-0.05, 0) is 150 Å². The monoisotopic (exact) mass is 685 g/mol. The minimum absolute atomic E-state index is 0.0185. The van der Waals surface area contributed by atoms with Gasteiger partial charge >= 0.3 is 5.97 Å². The molecular weight excluding hydrogens is 608 g/mol. The summed E-state index contributed by atoms with van der Waals surface area (Å²) in [5, 5.41) is 3.41. The van der Waals surface area contributed by atoms with Gasteiger partial charge in [0.2, 0.25) is 5.91 Å². The maximum Gasteiger partial charge on any atom is 0.306 e. The maximum absolute atomic E-state index is 13.0. The number of nitrogens with two attached hydrogens (primary N) is 2. The number of hydrogen-bond donors (Lipinski definition) is 3. The Balaban J connectivity index is 1.22. The molecule has 49 heavy (non-hydrogen) atoms. The lowest BCUT2D eigenvalue weighted by Crippen LogP contribution is -2.51. The van der Waals surface area contributed by atoms with E-state index in [2.05, 4.69) is 46.0 Å². The number of carbonyl (C=O) groups excluding carboxylic acids is 2. The first-order valence-corrected chi connectivity index (χ1v) is 20.8. The number of nitrogens with one attached hydrogen (secondary N) is 1. The standard InChI is InChI=1S/C42H76N4O3/c1-31(2)12-8-13-32(3)36-18-19-37-35-17-16-33-30-34(20-22-41(33,4)38(35)21-23-42(36,37)5)49-40(48)15-9-14-39(47)46(29-11-25-44)28-7-6-26-45-27-10-24-43/h16,31-32,34-38,45H,6-15,17-30,43-44H2,1-5H3. The van der Waals surface area contributed by atoms with Gasteiger partial charge in [0.1, 0.15) is 6.10 Å². The van der Waals surface area contributed by atoms with Crippen molar-refractivity contribution in [2.75, 3.05) is 39.3 Å². The average molecular weight is 685 g/mol. The zero-order chi connectivity index (χ0) is 35.4. The molecule has 282 valence electrons. The molecule has 7 nitrogen and oxygen atoms in total. The van der Waals surface area contributed by atoms with Crippen LogP contribution in [0.15, 0.2) is 11.6 Å². The maximum atomic E-state index is 13.0. The second-order valence-corrected chi connectivity index (χ2v) is 17.6. The van der Waals surface area contributed by atoms with Crippen LogP contribution in [0.4, 0.5) is 0 Å². The third-order valence-corrected chi connectivity index (χ3v) is 13.9. The molecule has 0 aromatic rings. The third-order valence-electron chi connectivity index (χ3n) is 13.9. The molecule has 0 bridgehead atoms. The summed E-state index contributed by atoms with van der Waals surface area (Å²) >= 11 is 0. The second kappa shape index (κ2) is 19.4. The first kappa shape index (κ1) is 40.3. The van der Waals surface area contributed by atoms with E-state index in [1.807, 2.05) is 4.90 Å². The molecule has 3 fully saturated rings. The molecule has 1 amide bonds. The molecule has 5 N–H and O–H groups in total. The van der Waals surface area contributed by atoms with Crippen LogP contribution < -0.4 is 16.8 Å². The quantitative estimate of drug-likeness (QED) is 0.0642. The molecule has 8 unspecified atom stereocenters. The number of unbranched alkanes of at least 4 members (excludes halogenated alkanes) is 1. The van der Waals surface area contributed by atoms with Gasteiger partial charge in [0.05, 0.1) is 0 Å². The predicted molar refractivity (Wildman–Crippen MR) is 203 cm³/mol. The van der Waals surface area contributed by atoms with Crippen LogP contribution in [0.5, 0.6) is 0 Å². The van der Waals surface area contributed by atoms with Crippen molar-refractivity contribution in [3.8, 4) is 0 Å². The lowest BCUT2D eigenvalue weighted by Gasteiger charge is -2.58. The van der Waals surface area contributed by atoms with Crippen molar-refractivity contribution in [1.82, 2.24) is 10.2 Å². The first-order valence-electron chi connectivity index (χ1n) is 20.8. The van der Waals surface area contributed by atoms with Crippen molar-refractivity contribution in [2.24, 2.45) is 57.8 Å². The van der Waals surface area contributed by atoms with E-state index in [-0.39, 0.29) is 23.4 Å². The van der Waals surface area contributed by atoms with Gasteiger partial charge in [0, 0.05) is 32.4 Å².